The van der Waals surface area contributed by atoms with Gasteiger partial charge in [0.05, 0.1) is 5.41 Å². The second-order valence-electron chi connectivity index (χ2n) is 5.16. The monoisotopic (exact) mass is 215 g/mol. The fourth-order valence-electron chi connectivity index (χ4n) is 3.49. The third-order valence-corrected chi connectivity index (χ3v) is 4.44. The van der Waals surface area contributed by atoms with Gasteiger partial charge < -0.3 is 4.90 Å². The van der Waals surface area contributed by atoms with Gasteiger partial charge in [-0.1, -0.05) is 18.2 Å². The zero-order chi connectivity index (χ0) is 11.3. The van der Waals surface area contributed by atoms with Crippen LogP contribution in [0.1, 0.15) is 31.7 Å². The van der Waals surface area contributed by atoms with E-state index in [0.29, 0.717) is 11.8 Å². The van der Waals surface area contributed by atoms with Crippen molar-refractivity contribution in [2.24, 2.45) is 0 Å². The standard InChI is InChI=1S/C14H17NO/c1-14-10-6-3-4-7-11(10)15(2)12(14)8-5-9-13(14)16/h3-4,6-7,12H,5,8-9H2,1-2H3/t12-,14+/m1/s1. The van der Waals surface area contributed by atoms with Crippen molar-refractivity contribution in [3.05, 3.63) is 29.8 Å². The van der Waals surface area contributed by atoms with Gasteiger partial charge in [-0.25, -0.2) is 0 Å². The van der Waals surface area contributed by atoms with Crippen molar-refractivity contribution in [3.8, 4) is 0 Å². The molecule has 2 nitrogen and oxygen atoms in total. The van der Waals surface area contributed by atoms with Gasteiger partial charge in [0, 0.05) is 25.2 Å². The van der Waals surface area contributed by atoms with Crippen molar-refractivity contribution in [1.29, 1.82) is 0 Å². The Hall–Kier alpha value is -1.31. The van der Waals surface area contributed by atoms with Gasteiger partial charge in [-0.05, 0) is 31.4 Å². The molecule has 0 spiro atoms. The van der Waals surface area contributed by atoms with Crippen LogP contribution in [0, 0.1) is 0 Å². The van der Waals surface area contributed by atoms with Crippen LogP contribution in [0.3, 0.4) is 0 Å². The second kappa shape index (κ2) is 3.09. The molecule has 2 atom stereocenters. The number of benzene rings is 1. The van der Waals surface area contributed by atoms with E-state index in [1.165, 1.54) is 11.3 Å². The van der Waals surface area contributed by atoms with Gasteiger partial charge in [-0.15, -0.1) is 0 Å². The molecule has 2 aliphatic rings. The average Bonchev–Trinajstić information content (AvgIpc) is 2.53. The molecule has 1 aromatic rings. The van der Waals surface area contributed by atoms with Gasteiger partial charge in [0.2, 0.25) is 0 Å². The number of hydrogen-bond donors (Lipinski definition) is 0. The minimum atomic E-state index is -0.260. The summed E-state index contributed by atoms with van der Waals surface area (Å²) in [6.07, 6.45) is 2.92. The van der Waals surface area contributed by atoms with E-state index in [9.17, 15) is 4.79 Å². The number of para-hydroxylation sites is 1. The lowest BCUT2D eigenvalue weighted by atomic mass is 9.68. The molecule has 0 bridgehead atoms. The molecule has 1 fully saturated rings. The summed E-state index contributed by atoms with van der Waals surface area (Å²) >= 11 is 0. The van der Waals surface area contributed by atoms with Gasteiger partial charge in [0.15, 0.2) is 0 Å². The highest BCUT2D eigenvalue weighted by Crippen LogP contribution is 2.49. The lowest BCUT2D eigenvalue weighted by Gasteiger charge is -2.37. The van der Waals surface area contributed by atoms with E-state index in [-0.39, 0.29) is 5.41 Å². The fourth-order valence-corrected chi connectivity index (χ4v) is 3.49. The molecular weight excluding hydrogens is 198 g/mol. The Balaban J connectivity index is 2.22. The Kier molecular flexibility index (Phi) is 1.91. The Labute approximate surface area is 96.3 Å². The van der Waals surface area contributed by atoms with Crippen LogP contribution in [-0.2, 0) is 10.2 Å². The minimum absolute atomic E-state index is 0.260. The summed E-state index contributed by atoms with van der Waals surface area (Å²) < 4.78 is 0. The summed E-state index contributed by atoms with van der Waals surface area (Å²) in [7, 11) is 2.12. The van der Waals surface area contributed by atoms with Crippen molar-refractivity contribution in [2.45, 2.75) is 37.6 Å². The second-order valence-corrected chi connectivity index (χ2v) is 5.16. The number of rotatable bonds is 0. The SMILES string of the molecule is CN1c2ccccc2[C@]2(C)C(=O)CCC[C@@H]12. The Morgan fingerprint density at radius 1 is 1.38 bits per heavy atom. The van der Waals surface area contributed by atoms with Crippen LogP contribution in [-0.4, -0.2) is 18.9 Å². The first kappa shape index (κ1) is 9.88. The molecule has 1 saturated carbocycles. The summed E-state index contributed by atoms with van der Waals surface area (Å²) in [5.74, 6) is 0.417. The molecule has 1 aliphatic carbocycles. The van der Waals surface area contributed by atoms with Crippen LogP contribution in [0.2, 0.25) is 0 Å². The van der Waals surface area contributed by atoms with Crippen molar-refractivity contribution < 1.29 is 4.79 Å². The highest BCUT2D eigenvalue weighted by molar-refractivity contribution is 5.95. The number of ketones is 1. The van der Waals surface area contributed by atoms with Crippen molar-refractivity contribution >= 4 is 11.5 Å². The van der Waals surface area contributed by atoms with Crippen LogP contribution in [0.5, 0.6) is 0 Å². The normalized spacial score (nSPS) is 32.5. The highest BCUT2D eigenvalue weighted by Gasteiger charge is 2.52. The quantitative estimate of drug-likeness (QED) is 0.662. The van der Waals surface area contributed by atoms with E-state index in [0.717, 1.165) is 19.3 Å². The van der Waals surface area contributed by atoms with Crippen LogP contribution in [0.15, 0.2) is 24.3 Å². The summed E-state index contributed by atoms with van der Waals surface area (Å²) in [6, 6.07) is 8.72. The van der Waals surface area contributed by atoms with Gasteiger partial charge in [-0.2, -0.15) is 0 Å². The Morgan fingerprint density at radius 2 is 2.12 bits per heavy atom. The maximum absolute atomic E-state index is 12.3. The zero-order valence-corrected chi connectivity index (χ0v) is 9.86. The Morgan fingerprint density at radius 3 is 2.94 bits per heavy atom. The highest BCUT2D eigenvalue weighted by atomic mass is 16.1. The van der Waals surface area contributed by atoms with E-state index < -0.39 is 0 Å². The van der Waals surface area contributed by atoms with Gasteiger partial charge >= 0.3 is 0 Å². The van der Waals surface area contributed by atoms with E-state index >= 15 is 0 Å². The van der Waals surface area contributed by atoms with E-state index in [1.807, 2.05) is 6.07 Å². The number of nitrogens with zero attached hydrogens (tertiary/aromatic N) is 1. The third kappa shape index (κ3) is 0.998. The lowest BCUT2D eigenvalue weighted by molar-refractivity contribution is -0.126. The summed E-state index contributed by atoms with van der Waals surface area (Å²) in [6.45, 7) is 2.13. The minimum Gasteiger partial charge on any atom is -0.370 e. The number of hydrogen-bond acceptors (Lipinski definition) is 2. The number of anilines is 1. The molecule has 16 heavy (non-hydrogen) atoms. The molecule has 0 radical (unpaired) electrons. The molecule has 0 unspecified atom stereocenters. The van der Waals surface area contributed by atoms with Crippen LogP contribution in [0.4, 0.5) is 5.69 Å². The number of likely N-dealkylation sites (N-methyl/N-ethyl adjacent to an activating group) is 1. The predicted octanol–water partition coefficient (Wildman–Crippen LogP) is 2.52. The van der Waals surface area contributed by atoms with Gasteiger partial charge in [0.25, 0.3) is 0 Å². The van der Waals surface area contributed by atoms with Gasteiger partial charge in [-0.3, -0.25) is 4.79 Å². The van der Waals surface area contributed by atoms with Crippen LogP contribution in [0.25, 0.3) is 0 Å². The average molecular weight is 215 g/mol. The first-order chi connectivity index (χ1) is 7.65. The summed E-state index contributed by atoms with van der Waals surface area (Å²) in [4.78, 5) is 14.6. The topological polar surface area (TPSA) is 20.3 Å². The van der Waals surface area contributed by atoms with Gasteiger partial charge in [0.1, 0.15) is 5.78 Å². The number of fused-ring (bicyclic) bond motifs is 3. The lowest BCUT2D eigenvalue weighted by Crippen LogP contribution is -2.49. The van der Waals surface area contributed by atoms with Crippen LogP contribution < -0.4 is 4.90 Å². The van der Waals surface area contributed by atoms with E-state index in [1.54, 1.807) is 0 Å². The Bertz CT molecular complexity index is 454. The third-order valence-electron chi connectivity index (χ3n) is 4.44. The number of carbonyl (C=O) groups excluding carboxylic acids is 1. The molecule has 0 aromatic heterocycles. The van der Waals surface area contributed by atoms with Crippen molar-refractivity contribution in [3.63, 3.8) is 0 Å². The molecule has 0 amide bonds. The molecule has 1 heterocycles. The first-order valence-corrected chi connectivity index (χ1v) is 6.01. The van der Waals surface area contributed by atoms with E-state index in [2.05, 4.69) is 37.1 Å². The van der Waals surface area contributed by atoms with Crippen LogP contribution >= 0.6 is 0 Å². The maximum Gasteiger partial charge on any atom is 0.145 e. The smallest absolute Gasteiger partial charge is 0.145 e. The molecule has 0 saturated heterocycles. The number of Topliss-reactive ketones (excluding diaryl/α,β-unsaturated/α-hetero) is 1. The van der Waals surface area contributed by atoms with Crippen molar-refractivity contribution in [2.75, 3.05) is 11.9 Å². The predicted molar refractivity (Wildman–Crippen MR) is 64.8 cm³/mol. The first-order valence-electron chi connectivity index (χ1n) is 6.01. The van der Waals surface area contributed by atoms with E-state index in [4.69, 9.17) is 0 Å². The maximum atomic E-state index is 12.3. The summed E-state index contributed by atoms with van der Waals surface area (Å²) in [5, 5.41) is 0. The fraction of sp³-hybridized carbons (Fsp3) is 0.500. The summed E-state index contributed by atoms with van der Waals surface area (Å²) in [5.41, 5.74) is 2.21. The largest absolute Gasteiger partial charge is 0.370 e. The molecule has 0 N–H and O–H groups in total. The molecule has 3 rings (SSSR count). The molecular formula is C14H17NO. The number of carbonyl (C=O) groups is 1. The molecule has 84 valence electrons. The molecule has 1 aromatic carbocycles. The zero-order valence-electron chi connectivity index (χ0n) is 9.86. The molecule has 2 heteroatoms. The van der Waals surface area contributed by atoms with Crippen molar-refractivity contribution in [1.82, 2.24) is 0 Å². The molecule has 1 aliphatic heterocycles.